The van der Waals surface area contributed by atoms with Crippen molar-refractivity contribution in [1.29, 1.82) is 0 Å². The van der Waals surface area contributed by atoms with Crippen molar-refractivity contribution < 1.29 is 23.8 Å². The van der Waals surface area contributed by atoms with Gasteiger partial charge in [-0.15, -0.1) is 0 Å². The number of urea groups is 1. The summed E-state index contributed by atoms with van der Waals surface area (Å²) >= 11 is 0. The average molecular weight is 306 g/mol. The number of benzene rings is 1. The smallest absolute Gasteiger partial charge is 0.337 e. The maximum absolute atomic E-state index is 12.1. The molecule has 1 atom stereocenters. The molecule has 7 heteroatoms. The molecule has 0 bridgehead atoms. The van der Waals surface area contributed by atoms with Crippen LogP contribution in [0.2, 0.25) is 0 Å². The van der Waals surface area contributed by atoms with Gasteiger partial charge in [0.1, 0.15) is 11.5 Å². The fourth-order valence-corrected chi connectivity index (χ4v) is 2.36. The summed E-state index contributed by atoms with van der Waals surface area (Å²) in [5.74, 6) is 0.592. The number of ether oxygens (including phenoxy) is 3. The highest BCUT2D eigenvalue weighted by Crippen LogP contribution is 2.35. The van der Waals surface area contributed by atoms with E-state index in [0.29, 0.717) is 28.3 Å². The minimum atomic E-state index is -0.665. The van der Waals surface area contributed by atoms with E-state index in [-0.39, 0.29) is 0 Å². The van der Waals surface area contributed by atoms with Crippen molar-refractivity contribution in [2.24, 2.45) is 0 Å². The van der Waals surface area contributed by atoms with Gasteiger partial charge in [-0.3, -0.25) is 0 Å². The lowest BCUT2D eigenvalue weighted by Gasteiger charge is -2.28. The number of amides is 2. The van der Waals surface area contributed by atoms with E-state index >= 15 is 0 Å². The van der Waals surface area contributed by atoms with Crippen LogP contribution in [0.3, 0.4) is 0 Å². The van der Waals surface area contributed by atoms with E-state index in [2.05, 4.69) is 10.6 Å². The molecule has 1 aromatic rings. The standard InChI is InChI=1S/C15H18N2O5/c1-8-12(14(18)22-4)13(17-15(19)16-8)10-6-5-9(20-2)7-11(10)21-3/h5-7,13H,1-4H3,(H2,16,17,19). The largest absolute Gasteiger partial charge is 0.497 e. The number of esters is 1. The van der Waals surface area contributed by atoms with Gasteiger partial charge in [0.05, 0.1) is 32.9 Å². The third-order valence-electron chi connectivity index (χ3n) is 3.43. The first-order valence-electron chi connectivity index (χ1n) is 6.60. The molecule has 0 spiro atoms. The van der Waals surface area contributed by atoms with E-state index in [4.69, 9.17) is 14.2 Å². The van der Waals surface area contributed by atoms with Crippen molar-refractivity contribution in [2.75, 3.05) is 21.3 Å². The molecule has 0 saturated heterocycles. The van der Waals surface area contributed by atoms with Crippen LogP contribution in [0.1, 0.15) is 18.5 Å². The molecule has 0 radical (unpaired) electrons. The molecule has 0 saturated carbocycles. The van der Waals surface area contributed by atoms with E-state index in [9.17, 15) is 9.59 Å². The van der Waals surface area contributed by atoms with Gasteiger partial charge in [-0.05, 0) is 19.1 Å². The Morgan fingerprint density at radius 2 is 1.91 bits per heavy atom. The van der Waals surface area contributed by atoms with Crippen molar-refractivity contribution in [3.63, 3.8) is 0 Å². The van der Waals surface area contributed by atoms with Crippen LogP contribution in [0, 0.1) is 0 Å². The Morgan fingerprint density at radius 1 is 1.18 bits per heavy atom. The maximum Gasteiger partial charge on any atom is 0.337 e. The lowest BCUT2D eigenvalue weighted by atomic mass is 9.94. The molecule has 2 amide bonds. The number of hydrogen-bond acceptors (Lipinski definition) is 5. The summed E-state index contributed by atoms with van der Waals surface area (Å²) in [7, 11) is 4.35. The minimum absolute atomic E-state index is 0.325. The number of rotatable bonds is 4. The van der Waals surface area contributed by atoms with Gasteiger partial charge in [0, 0.05) is 17.3 Å². The molecule has 0 aromatic heterocycles. The van der Waals surface area contributed by atoms with Gasteiger partial charge in [-0.1, -0.05) is 0 Å². The number of carbonyl (C=O) groups is 2. The predicted molar refractivity (Wildman–Crippen MR) is 78.7 cm³/mol. The van der Waals surface area contributed by atoms with Crippen LogP contribution in [0.25, 0.3) is 0 Å². The summed E-state index contributed by atoms with van der Waals surface area (Å²) in [5, 5.41) is 5.28. The fourth-order valence-electron chi connectivity index (χ4n) is 2.36. The molecule has 1 aliphatic rings. The SMILES string of the molecule is COC(=O)C1=C(C)NC(=O)NC1c1ccc(OC)cc1OC. The molecule has 7 nitrogen and oxygen atoms in total. The summed E-state index contributed by atoms with van der Waals surface area (Å²) in [4.78, 5) is 23.8. The summed E-state index contributed by atoms with van der Waals surface area (Å²) in [5.41, 5.74) is 1.40. The number of carbonyl (C=O) groups excluding carboxylic acids is 2. The summed E-state index contributed by atoms with van der Waals surface area (Å²) in [6.45, 7) is 1.65. The van der Waals surface area contributed by atoms with Gasteiger partial charge in [0.25, 0.3) is 0 Å². The van der Waals surface area contributed by atoms with Crippen LogP contribution >= 0.6 is 0 Å². The third kappa shape index (κ3) is 2.83. The zero-order valence-corrected chi connectivity index (χ0v) is 12.9. The topological polar surface area (TPSA) is 85.9 Å². The molecule has 1 heterocycles. The van der Waals surface area contributed by atoms with Crippen LogP contribution in [0.5, 0.6) is 11.5 Å². The Balaban J connectivity index is 2.55. The first-order chi connectivity index (χ1) is 10.5. The second-order valence-corrected chi connectivity index (χ2v) is 4.67. The van der Waals surface area contributed by atoms with Crippen molar-refractivity contribution in [2.45, 2.75) is 13.0 Å². The minimum Gasteiger partial charge on any atom is -0.497 e. The highest BCUT2D eigenvalue weighted by atomic mass is 16.5. The first kappa shape index (κ1) is 15.7. The Morgan fingerprint density at radius 3 is 2.50 bits per heavy atom. The number of allylic oxidation sites excluding steroid dienone is 1. The van der Waals surface area contributed by atoms with Crippen LogP contribution in [0.4, 0.5) is 4.79 Å². The Kier molecular flexibility index (Phi) is 4.55. The second-order valence-electron chi connectivity index (χ2n) is 4.67. The lowest BCUT2D eigenvalue weighted by molar-refractivity contribution is -0.136. The molecular formula is C15H18N2O5. The van der Waals surface area contributed by atoms with Gasteiger partial charge in [-0.2, -0.15) is 0 Å². The Labute approximate surface area is 128 Å². The fraction of sp³-hybridized carbons (Fsp3) is 0.333. The van der Waals surface area contributed by atoms with Crippen molar-refractivity contribution >= 4 is 12.0 Å². The van der Waals surface area contributed by atoms with Gasteiger partial charge in [0.2, 0.25) is 0 Å². The number of methoxy groups -OCH3 is 3. The van der Waals surface area contributed by atoms with Crippen molar-refractivity contribution in [1.82, 2.24) is 10.6 Å². The van der Waals surface area contributed by atoms with Gasteiger partial charge >= 0.3 is 12.0 Å². The van der Waals surface area contributed by atoms with Crippen LogP contribution in [0.15, 0.2) is 29.5 Å². The van der Waals surface area contributed by atoms with Gasteiger partial charge in [0.15, 0.2) is 0 Å². The highest BCUT2D eigenvalue weighted by molar-refractivity contribution is 5.95. The van der Waals surface area contributed by atoms with Gasteiger partial charge in [-0.25, -0.2) is 9.59 Å². The van der Waals surface area contributed by atoms with E-state index in [0.717, 1.165) is 0 Å². The average Bonchev–Trinajstić information content (AvgIpc) is 2.52. The number of nitrogens with one attached hydrogen (secondary N) is 2. The highest BCUT2D eigenvalue weighted by Gasteiger charge is 2.33. The lowest BCUT2D eigenvalue weighted by Crippen LogP contribution is -2.45. The maximum atomic E-state index is 12.1. The van der Waals surface area contributed by atoms with Gasteiger partial charge < -0.3 is 24.8 Å². The van der Waals surface area contributed by atoms with E-state index in [1.807, 2.05) is 0 Å². The zero-order chi connectivity index (χ0) is 16.3. The molecule has 22 heavy (non-hydrogen) atoms. The van der Waals surface area contributed by atoms with Crippen molar-refractivity contribution in [3.05, 3.63) is 35.0 Å². The monoisotopic (exact) mass is 306 g/mol. The summed E-state index contributed by atoms with van der Waals surface area (Å²) in [6.07, 6.45) is 0. The normalized spacial score (nSPS) is 17.5. The van der Waals surface area contributed by atoms with E-state index in [1.165, 1.54) is 14.2 Å². The number of hydrogen-bond donors (Lipinski definition) is 2. The quantitative estimate of drug-likeness (QED) is 0.823. The molecule has 2 rings (SSSR count). The molecule has 1 aliphatic heterocycles. The predicted octanol–water partition coefficient (Wildman–Crippen LogP) is 1.50. The Bertz CT molecular complexity index is 639. The second kappa shape index (κ2) is 6.38. The molecule has 2 N–H and O–H groups in total. The Hall–Kier alpha value is -2.70. The molecule has 0 aliphatic carbocycles. The summed E-state index contributed by atoms with van der Waals surface area (Å²) < 4.78 is 15.3. The summed E-state index contributed by atoms with van der Waals surface area (Å²) in [6, 6.07) is 4.10. The molecule has 1 unspecified atom stereocenters. The molecule has 1 aromatic carbocycles. The third-order valence-corrected chi connectivity index (χ3v) is 3.43. The van der Waals surface area contributed by atoms with Crippen LogP contribution in [-0.4, -0.2) is 33.3 Å². The van der Waals surface area contributed by atoms with E-state index < -0.39 is 18.0 Å². The van der Waals surface area contributed by atoms with E-state index in [1.54, 1.807) is 32.2 Å². The zero-order valence-electron chi connectivity index (χ0n) is 12.9. The van der Waals surface area contributed by atoms with Crippen molar-refractivity contribution in [3.8, 4) is 11.5 Å². The molecule has 118 valence electrons. The molecular weight excluding hydrogens is 288 g/mol. The van der Waals surface area contributed by atoms with Crippen LogP contribution < -0.4 is 20.1 Å². The van der Waals surface area contributed by atoms with Crippen LogP contribution in [-0.2, 0) is 9.53 Å². The molecule has 0 fully saturated rings. The first-order valence-corrected chi connectivity index (χ1v) is 6.60.